The molecule has 0 aromatic heterocycles. The van der Waals surface area contributed by atoms with Gasteiger partial charge in [-0.25, -0.2) is 0 Å². The Morgan fingerprint density at radius 3 is 1.72 bits per heavy atom. The van der Waals surface area contributed by atoms with Crippen molar-refractivity contribution in [1.29, 1.82) is 0 Å². The van der Waals surface area contributed by atoms with E-state index in [0.717, 1.165) is 55.8 Å². The minimum Gasteiger partial charge on any atom is -0.372 e. The highest BCUT2D eigenvalue weighted by atomic mass is 15.3. The molecule has 0 radical (unpaired) electrons. The van der Waals surface area contributed by atoms with E-state index in [-0.39, 0.29) is 0 Å². The van der Waals surface area contributed by atoms with Crippen LogP contribution in [-0.4, -0.2) is 36.0 Å². The number of allylic oxidation sites excluding steroid dienone is 3. The van der Waals surface area contributed by atoms with Gasteiger partial charge in [0.15, 0.2) is 0 Å². The minimum atomic E-state index is 0.419. The van der Waals surface area contributed by atoms with Crippen molar-refractivity contribution < 1.29 is 0 Å². The standard InChI is InChI=1S/C30H48N2/c1-22(26-9-10-26)21-25-5-7-28(8-6-25)29-13-11-27(12-14-29)23(2)31-17-19-32(20-18-31)24(3)30(4)15-16-30/h25-29H,1-3,5-21H2,4H3. The molecule has 0 aromatic rings. The lowest BCUT2D eigenvalue weighted by Crippen LogP contribution is -2.47. The van der Waals surface area contributed by atoms with Crippen LogP contribution in [0.5, 0.6) is 0 Å². The number of piperazine rings is 1. The van der Waals surface area contributed by atoms with E-state index in [1.165, 1.54) is 94.9 Å². The van der Waals surface area contributed by atoms with Crippen molar-refractivity contribution in [2.24, 2.45) is 35.0 Å². The van der Waals surface area contributed by atoms with Crippen LogP contribution in [0.4, 0.5) is 0 Å². The molecule has 5 fully saturated rings. The highest BCUT2D eigenvalue weighted by Gasteiger charge is 2.43. The maximum absolute atomic E-state index is 4.60. The van der Waals surface area contributed by atoms with Gasteiger partial charge in [-0.05, 0) is 113 Å². The SMILES string of the molecule is C=C(CC1CCC(C2CCC(C(=C)N3CCN(C(=C)C4(C)CC4)CC3)CC2)CC1)C1CC1. The van der Waals surface area contributed by atoms with E-state index in [2.05, 4.69) is 36.5 Å². The fourth-order valence-electron chi connectivity index (χ4n) is 7.20. The molecule has 1 aliphatic heterocycles. The molecule has 0 spiro atoms. The van der Waals surface area contributed by atoms with E-state index in [9.17, 15) is 0 Å². The summed E-state index contributed by atoms with van der Waals surface area (Å²) in [5, 5.41) is 0. The van der Waals surface area contributed by atoms with Gasteiger partial charge in [0.2, 0.25) is 0 Å². The Hall–Kier alpha value is -1.18. The maximum atomic E-state index is 4.60. The molecule has 2 nitrogen and oxygen atoms in total. The first-order valence-corrected chi connectivity index (χ1v) is 14.0. The Morgan fingerprint density at radius 1 is 0.688 bits per heavy atom. The van der Waals surface area contributed by atoms with Crippen molar-refractivity contribution >= 4 is 0 Å². The Labute approximate surface area is 198 Å². The molecular weight excluding hydrogens is 388 g/mol. The number of rotatable bonds is 8. The molecule has 1 saturated heterocycles. The summed E-state index contributed by atoms with van der Waals surface area (Å²) in [7, 11) is 0. The first kappa shape index (κ1) is 22.6. The maximum Gasteiger partial charge on any atom is 0.0351 e. The summed E-state index contributed by atoms with van der Waals surface area (Å²) < 4.78 is 0. The van der Waals surface area contributed by atoms with Crippen LogP contribution in [0.1, 0.15) is 90.4 Å². The largest absolute Gasteiger partial charge is 0.372 e. The molecule has 32 heavy (non-hydrogen) atoms. The first-order chi connectivity index (χ1) is 15.4. The van der Waals surface area contributed by atoms with E-state index in [1.807, 2.05) is 0 Å². The second-order valence-electron chi connectivity index (χ2n) is 12.5. The number of hydrogen-bond donors (Lipinski definition) is 0. The zero-order valence-electron chi connectivity index (χ0n) is 20.9. The van der Waals surface area contributed by atoms with Crippen LogP contribution in [0.15, 0.2) is 36.7 Å². The van der Waals surface area contributed by atoms with Gasteiger partial charge in [0.25, 0.3) is 0 Å². The fraction of sp³-hybridized carbons (Fsp3) is 0.800. The van der Waals surface area contributed by atoms with Crippen molar-refractivity contribution in [3.63, 3.8) is 0 Å². The Kier molecular flexibility index (Phi) is 6.52. The normalized spacial score (nSPS) is 34.8. The van der Waals surface area contributed by atoms with E-state index in [1.54, 1.807) is 5.57 Å². The topological polar surface area (TPSA) is 6.48 Å². The summed E-state index contributed by atoms with van der Waals surface area (Å²) in [6, 6.07) is 0. The van der Waals surface area contributed by atoms with Gasteiger partial charge in [-0.15, -0.1) is 0 Å². The summed E-state index contributed by atoms with van der Waals surface area (Å²) in [4.78, 5) is 5.17. The van der Waals surface area contributed by atoms with Gasteiger partial charge in [0, 0.05) is 43.0 Å². The van der Waals surface area contributed by atoms with Crippen LogP contribution >= 0.6 is 0 Å². The van der Waals surface area contributed by atoms with Gasteiger partial charge < -0.3 is 9.80 Å². The highest BCUT2D eigenvalue weighted by molar-refractivity contribution is 5.17. The van der Waals surface area contributed by atoms with Crippen molar-refractivity contribution in [1.82, 2.24) is 9.80 Å². The molecule has 0 atom stereocenters. The zero-order valence-corrected chi connectivity index (χ0v) is 20.9. The van der Waals surface area contributed by atoms with Crippen molar-refractivity contribution in [3.8, 4) is 0 Å². The molecule has 0 amide bonds. The van der Waals surface area contributed by atoms with Crippen molar-refractivity contribution in [2.75, 3.05) is 26.2 Å². The van der Waals surface area contributed by atoms with Crippen LogP contribution in [0, 0.1) is 35.0 Å². The van der Waals surface area contributed by atoms with Gasteiger partial charge in [0.1, 0.15) is 0 Å². The predicted molar refractivity (Wildman–Crippen MR) is 136 cm³/mol. The van der Waals surface area contributed by atoms with Gasteiger partial charge in [-0.3, -0.25) is 0 Å². The molecule has 5 aliphatic rings. The summed E-state index contributed by atoms with van der Waals surface area (Å²) in [5.41, 5.74) is 4.85. The van der Waals surface area contributed by atoms with Gasteiger partial charge in [-0.1, -0.05) is 32.2 Å². The second-order valence-corrected chi connectivity index (χ2v) is 12.5. The molecule has 5 rings (SSSR count). The molecule has 0 aromatic carbocycles. The first-order valence-electron chi connectivity index (χ1n) is 14.0. The zero-order chi connectivity index (χ0) is 22.3. The predicted octanol–water partition coefficient (Wildman–Crippen LogP) is 7.40. The van der Waals surface area contributed by atoms with Crippen LogP contribution in [0.2, 0.25) is 0 Å². The lowest BCUT2D eigenvalue weighted by atomic mass is 9.68. The van der Waals surface area contributed by atoms with Crippen LogP contribution < -0.4 is 0 Å². The molecular formula is C30H48N2. The van der Waals surface area contributed by atoms with Crippen LogP contribution in [-0.2, 0) is 0 Å². The van der Waals surface area contributed by atoms with Gasteiger partial charge in [-0.2, -0.15) is 0 Å². The van der Waals surface area contributed by atoms with Gasteiger partial charge in [0.05, 0.1) is 0 Å². The quantitative estimate of drug-likeness (QED) is 0.366. The number of hydrogen-bond acceptors (Lipinski definition) is 2. The lowest BCUT2D eigenvalue weighted by molar-refractivity contribution is 0.129. The molecule has 0 unspecified atom stereocenters. The lowest BCUT2D eigenvalue weighted by Gasteiger charge is -2.44. The molecule has 0 N–H and O–H groups in total. The summed E-state index contributed by atoms with van der Waals surface area (Å²) in [5.74, 6) is 4.59. The Balaban J connectivity index is 1.02. The summed E-state index contributed by atoms with van der Waals surface area (Å²) in [6.45, 7) is 20.4. The average Bonchev–Trinajstić information content (AvgIpc) is 3.76. The monoisotopic (exact) mass is 436 g/mol. The average molecular weight is 437 g/mol. The Bertz CT molecular complexity index is 703. The smallest absolute Gasteiger partial charge is 0.0351 e. The van der Waals surface area contributed by atoms with Crippen LogP contribution in [0.25, 0.3) is 0 Å². The van der Waals surface area contributed by atoms with Crippen molar-refractivity contribution in [2.45, 2.75) is 90.4 Å². The second kappa shape index (κ2) is 9.22. The van der Waals surface area contributed by atoms with E-state index >= 15 is 0 Å². The molecule has 4 saturated carbocycles. The van der Waals surface area contributed by atoms with E-state index in [0.29, 0.717) is 5.41 Å². The van der Waals surface area contributed by atoms with E-state index in [4.69, 9.17) is 0 Å². The fourth-order valence-corrected chi connectivity index (χ4v) is 7.20. The molecule has 2 heteroatoms. The molecule has 1 heterocycles. The van der Waals surface area contributed by atoms with Crippen molar-refractivity contribution in [3.05, 3.63) is 36.7 Å². The summed E-state index contributed by atoms with van der Waals surface area (Å²) in [6.07, 6.45) is 18.4. The Morgan fingerprint density at radius 2 is 1.19 bits per heavy atom. The van der Waals surface area contributed by atoms with E-state index < -0.39 is 0 Å². The molecule has 4 aliphatic carbocycles. The molecule has 0 bridgehead atoms. The third-order valence-corrected chi connectivity index (χ3v) is 10.3. The third-order valence-electron chi connectivity index (χ3n) is 10.3. The van der Waals surface area contributed by atoms with Crippen LogP contribution in [0.3, 0.4) is 0 Å². The highest BCUT2D eigenvalue weighted by Crippen LogP contribution is 2.52. The number of nitrogens with zero attached hydrogens (tertiary/aromatic N) is 2. The van der Waals surface area contributed by atoms with Gasteiger partial charge >= 0.3 is 0 Å². The summed E-state index contributed by atoms with van der Waals surface area (Å²) >= 11 is 0. The third kappa shape index (κ3) is 5.00. The molecule has 178 valence electrons. The minimum absolute atomic E-state index is 0.419.